The highest BCUT2D eigenvalue weighted by Gasteiger charge is 2.34. The Labute approximate surface area is 193 Å². The molecule has 2 aliphatic rings. The highest BCUT2D eigenvalue weighted by Crippen LogP contribution is 2.32. The van der Waals surface area contributed by atoms with Gasteiger partial charge in [0.1, 0.15) is 5.82 Å². The van der Waals surface area contributed by atoms with Crippen molar-refractivity contribution in [3.05, 3.63) is 53.3 Å². The molecule has 176 valence electrons. The van der Waals surface area contributed by atoms with E-state index >= 15 is 0 Å². The fourth-order valence-corrected chi connectivity index (χ4v) is 6.07. The van der Waals surface area contributed by atoms with Crippen molar-refractivity contribution >= 4 is 33.2 Å². The van der Waals surface area contributed by atoms with E-state index in [0.29, 0.717) is 43.6 Å². The van der Waals surface area contributed by atoms with Crippen LogP contribution in [0.4, 0.5) is 15.8 Å². The second-order valence-electron chi connectivity index (χ2n) is 8.72. The zero-order valence-corrected chi connectivity index (χ0v) is 19.6. The SMILES string of the molecule is CC(=O)N1CCCc2cc(S(=O)(=O)N3CCC[C@H](C(=O)Nc4ccc(C)c(F)c4)C3)ccc21. The Morgan fingerprint density at radius 2 is 1.88 bits per heavy atom. The maximum atomic E-state index is 13.8. The molecule has 1 atom stereocenters. The number of carbonyl (C=O) groups excluding carboxylic acids is 2. The molecule has 1 N–H and O–H groups in total. The van der Waals surface area contributed by atoms with E-state index in [2.05, 4.69) is 5.32 Å². The predicted molar refractivity (Wildman–Crippen MR) is 124 cm³/mol. The van der Waals surface area contributed by atoms with E-state index in [1.807, 2.05) is 0 Å². The number of hydrogen-bond donors (Lipinski definition) is 1. The van der Waals surface area contributed by atoms with Crippen molar-refractivity contribution in [3.8, 4) is 0 Å². The van der Waals surface area contributed by atoms with Crippen LogP contribution in [0.3, 0.4) is 0 Å². The van der Waals surface area contributed by atoms with Gasteiger partial charge in [0, 0.05) is 37.9 Å². The first-order chi connectivity index (χ1) is 15.7. The lowest BCUT2D eigenvalue weighted by Gasteiger charge is -2.32. The molecule has 2 aromatic carbocycles. The summed E-state index contributed by atoms with van der Waals surface area (Å²) in [5, 5.41) is 2.71. The maximum Gasteiger partial charge on any atom is 0.243 e. The second kappa shape index (κ2) is 9.23. The summed E-state index contributed by atoms with van der Waals surface area (Å²) in [6, 6.07) is 9.37. The minimum Gasteiger partial charge on any atom is -0.326 e. The lowest BCUT2D eigenvalue weighted by molar-refractivity contribution is -0.121. The van der Waals surface area contributed by atoms with Crippen LogP contribution >= 0.6 is 0 Å². The van der Waals surface area contributed by atoms with Gasteiger partial charge in [-0.2, -0.15) is 4.31 Å². The fourth-order valence-electron chi connectivity index (χ4n) is 4.50. The highest BCUT2D eigenvalue weighted by atomic mass is 32.2. The molecule has 0 radical (unpaired) electrons. The lowest BCUT2D eigenvalue weighted by atomic mass is 9.98. The van der Waals surface area contributed by atoms with Crippen molar-refractivity contribution < 1.29 is 22.4 Å². The molecule has 2 aliphatic heterocycles. The quantitative estimate of drug-likeness (QED) is 0.737. The molecule has 2 heterocycles. The van der Waals surface area contributed by atoms with Crippen LogP contribution in [0.15, 0.2) is 41.3 Å². The third-order valence-corrected chi connectivity index (χ3v) is 8.24. The molecule has 1 saturated heterocycles. The normalized spacial score (nSPS) is 19.1. The van der Waals surface area contributed by atoms with Gasteiger partial charge in [0.2, 0.25) is 21.8 Å². The molecule has 2 amide bonds. The first-order valence-corrected chi connectivity index (χ1v) is 12.6. The summed E-state index contributed by atoms with van der Waals surface area (Å²) in [5.41, 5.74) is 2.44. The van der Waals surface area contributed by atoms with Crippen LogP contribution in [0, 0.1) is 18.7 Å². The molecule has 4 rings (SSSR count). The predicted octanol–water partition coefficient (Wildman–Crippen LogP) is 3.47. The summed E-state index contributed by atoms with van der Waals surface area (Å²) in [6.45, 7) is 4.18. The average Bonchev–Trinajstić information content (AvgIpc) is 2.80. The van der Waals surface area contributed by atoms with Crippen LogP contribution in [0.2, 0.25) is 0 Å². The number of carbonyl (C=O) groups is 2. The van der Waals surface area contributed by atoms with E-state index < -0.39 is 21.8 Å². The molecule has 2 aromatic rings. The number of nitrogens with zero attached hydrogens (tertiary/aromatic N) is 2. The largest absolute Gasteiger partial charge is 0.326 e. The summed E-state index contributed by atoms with van der Waals surface area (Å²) >= 11 is 0. The maximum absolute atomic E-state index is 13.8. The molecule has 0 saturated carbocycles. The Bertz CT molecular complexity index is 1200. The van der Waals surface area contributed by atoms with Crippen LogP contribution in [-0.2, 0) is 26.0 Å². The van der Waals surface area contributed by atoms with Crippen LogP contribution in [-0.4, -0.2) is 44.2 Å². The molecule has 0 aliphatic carbocycles. The van der Waals surface area contributed by atoms with Gasteiger partial charge < -0.3 is 10.2 Å². The molecular weight excluding hydrogens is 445 g/mol. The summed E-state index contributed by atoms with van der Waals surface area (Å²) in [5.74, 6) is -1.31. The number of amides is 2. The van der Waals surface area contributed by atoms with Gasteiger partial charge >= 0.3 is 0 Å². The standard InChI is InChI=1S/C24H28FN3O4S/c1-16-7-8-20(14-22(16)25)26-24(30)19-6-3-11-27(15-19)33(31,32)21-9-10-23-18(13-21)5-4-12-28(23)17(2)29/h7-10,13-14,19H,3-6,11-12,15H2,1-2H3,(H,26,30)/t19-/m0/s1. The van der Waals surface area contributed by atoms with E-state index in [4.69, 9.17) is 0 Å². The smallest absolute Gasteiger partial charge is 0.243 e. The molecule has 1 fully saturated rings. The number of piperidine rings is 1. The van der Waals surface area contributed by atoms with Gasteiger partial charge in [0.05, 0.1) is 10.8 Å². The molecule has 0 spiro atoms. The number of sulfonamides is 1. The number of halogens is 1. The van der Waals surface area contributed by atoms with Crippen molar-refractivity contribution in [2.45, 2.75) is 44.4 Å². The lowest BCUT2D eigenvalue weighted by Crippen LogP contribution is -2.43. The zero-order valence-electron chi connectivity index (χ0n) is 18.8. The summed E-state index contributed by atoms with van der Waals surface area (Å²) in [4.78, 5) is 26.5. The summed E-state index contributed by atoms with van der Waals surface area (Å²) in [7, 11) is -3.79. The third-order valence-electron chi connectivity index (χ3n) is 6.38. The number of rotatable bonds is 4. The van der Waals surface area contributed by atoms with Crippen molar-refractivity contribution in [2.75, 3.05) is 29.9 Å². The van der Waals surface area contributed by atoms with E-state index in [1.54, 1.807) is 36.1 Å². The van der Waals surface area contributed by atoms with E-state index in [0.717, 1.165) is 17.7 Å². The Hall–Kier alpha value is -2.78. The first-order valence-electron chi connectivity index (χ1n) is 11.1. The molecule has 0 aromatic heterocycles. The van der Waals surface area contributed by atoms with Crippen LogP contribution in [0.25, 0.3) is 0 Å². The molecule has 0 bridgehead atoms. The van der Waals surface area contributed by atoms with Crippen molar-refractivity contribution in [3.63, 3.8) is 0 Å². The van der Waals surface area contributed by atoms with Gasteiger partial charge in [-0.05, 0) is 74.1 Å². The molecule has 33 heavy (non-hydrogen) atoms. The molecule has 9 heteroatoms. The minimum atomic E-state index is -3.79. The van der Waals surface area contributed by atoms with Gasteiger partial charge in [-0.15, -0.1) is 0 Å². The van der Waals surface area contributed by atoms with E-state index in [1.165, 1.54) is 23.4 Å². The second-order valence-corrected chi connectivity index (χ2v) is 10.7. The highest BCUT2D eigenvalue weighted by molar-refractivity contribution is 7.89. The Morgan fingerprint density at radius 3 is 2.61 bits per heavy atom. The summed E-state index contributed by atoms with van der Waals surface area (Å²) in [6.07, 6.45) is 2.61. The van der Waals surface area contributed by atoms with Gasteiger partial charge in [0.25, 0.3) is 0 Å². The number of fused-ring (bicyclic) bond motifs is 1. The number of anilines is 2. The molecule has 0 unspecified atom stereocenters. The van der Waals surface area contributed by atoms with Crippen LogP contribution in [0.5, 0.6) is 0 Å². The van der Waals surface area contributed by atoms with Gasteiger partial charge in [-0.25, -0.2) is 12.8 Å². The fraction of sp³-hybridized carbons (Fsp3) is 0.417. The molecular formula is C24H28FN3O4S. The van der Waals surface area contributed by atoms with Gasteiger partial charge in [0.15, 0.2) is 0 Å². The summed E-state index contributed by atoms with van der Waals surface area (Å²) < 4.78 is 41.9. The van der Waals surface area contributed by atoms with Crippen LogP contribution in [0.1, 0.15) is 37.3 Å². The minimum absolute atomic E-state index is 0.0649. The topological polar surface area (TPSA) is 86.8 Å². The Kier molecular flexibility index (Phi) is 6.54. The van der Waals surface area contributed by atoms with Gasteiger partial charge in [-0.3, -0.25) is 9.59 Å². The van der Waals surface area contributed by atoms with Crippen molar-refractivity contribution in [2.24, 2.45) is 5.92 Å². The Balaban J connectivity index is 1.51. The van der Waals surface area contributed by atoms with Gasteiger partial charge in [-0.1, -0.05) is 6.07 Å². The van der Waals surface area contributed by atoms with Crippen molar-refractivity contribution in [1.29, 1.82) is 0 Å². The monoisotopic (exact) mass is 473 g/mol. The first kappa shape index (κ1) is 23.4. The van der Waals surface area contributed by atoms with E-state index in [9.17, 15) is 22.4 Å². The molecule has 7 nitrogen and oxygen atoms in total. The zero-order chi connectivity index (χ0) is 23.8. The number of nitrogens with one attached hydrogen (secondary N) is 1. The number of benzene rings is 2. The van der Waals surface area contributed by atoms with Crippen LogP contribution < -0.4 is 10.2 Å². The number of aryl methyl sites for hydroxylation is 2. The van der Waals surface area contributed by atoms with Crippen molar-refractivity contribution in [1.82, 2.24) is 4.31 Å². The number of hydrogen-bond acceptors (Lipinski definition) is 4. The Morgan fingerprint density at radius 1 is 1.09 bits per heavy atom. The third kappa shape index (κ3) is 4.79. The average molecular weight is 474 g/mol. The van der Waals surface area contributed by atoms with E-state index in [-0.39, 0.29) is 23.3 Å².